The number of amides is 2. The summed E-state index contributed by atoms with van der Waals surface area (Å²) in [6.07, 6.45) is -6.00. The lowest BCUT2D eigenvalue weighted by molar-refractivity contribution is -0.160. The van der Waals surface area contributed by atoms with Crippen molar-refractivity contribution in [1.82, 2.24) is 10.3 Å². The third-order valence-corrected chi connectivity index (χ3v) is 5.54. The third kappa shape index (κ3) is 6.19. The van der Waals surface area contributed by atoms with Crippen molar-refractivity contribution in [3.63, 3.8) is 0 Å². The topological polar surface area (TPSA) is 71.5 Å². The molecule has 0 bridgehead atoms. The quantitative estimate of drug-likeness (QED) is 0.481. The van der Waals surface area contributed by atoms with Crippen LogP contribution in [0.5, 0.6) is 0 Å². The van der Waals surface area contributed by atoms with Gasteiger partial charge in [0.2, 0.25) is 5.91 Å². The predicted molar refractivity (Wildman–Crippen MR) is 117 cm³/mol. The number of alkyl halides is 3. The Kier molecular flexibility index (Phi) is 7.34. The molecule has 32 heavy (non-hydrogen) atoms. The van der Waals surface area contributed by atoms with E-state index < -0.39 is 18.9 Å². The number of nitrogens with zero attached hydrogens (tertiary/aromatic N) is 2. The Morgan fingerprint density at radius 2 is 1.81 bits per heavy atom. The van der Waals surface area contributed by atoms with Crippen molar-refractivity contribution in [3.05, 3.63) is 54.1 Å². The number of anilines is 2. The Hall–Kier alpha value is -3.14. The average Bonchev–Trinajstić information content (AvgIpc) is 3.16. The molecule has 0 saturated heterocycles. The van der Waals surface area contributed by atoms with E-state index in [-0.39, 0.29) is 18.9 Å². The van der Waals surface area contributed by atoms with E-state index in [2.05, 4.69) is 28.9 Å². The molecule has 0 unspecified atom stereocenters. The van der Waals surface area contributed by atoms with Gasteiger partial charge in [-0.25, -0.2) is 9.78 Å². The Balaban J connectivity index is 1.76. The first-order valence-corrected chi connectivity index (χ1v) is 10.7. The number of nitrogens with one attached hydrogen (secondary N) is 1. The molecule has 3 aromatic rings. The molecular formula is C22H22F3N3O3S. The smallest absolute Gasteiger partial charge is 0.422 e. The van der Waals surface area contributed by atoms with Crippen molar-refractivity contribution in [3.8, 4) is 0 Å². The number of para-hydroxylation sites is 1. The Morgan fingerprint density at radius 3 is 2.44 bits per heavy atom. The molecule has 0 aliphatic carbocycles. The van der Waals surface area contributed by atoms with Crippen molar-refractivity contribution in [2.45, 2.75) is 32.4 Å². The molecule has 2 aromatic carbocycles. The van der Waals surface area contributed by atoms with E-state index >= 15 is 0 Å². The number of aromatic nitrogens is 1. The summed E-state index contributed by atoms with van der Waals surface area (Å²) in [5.41, 5.74) is 2.47. The van der Waals surface area contributed by atoms with Crippen molar-refractivity contribution in [2.24, 2.45) is 0 Å². The van der Waals surface area contributed by atoms with Gasteiger partial charge in [0.15, 0.2) is 11.7 Å². The highest BCUT2D eigenvalue weighted by Crippen LogP contribution is 2.34. The van der Waals surface area contributed by atoms with Gasteiger partial charge in [0.1, 0.15) is 0 Å². The molecule has 0 aliphatic heterocycles. The van der Waals surface area contributed by atoms with Crippen LogP contribution in [0.2, 0.25) is 0 Å². The van der Waals surface area contributed by atoms with E-state index in [0.29, 0.717) is 16.7 Å². The number of ether oxygens (including phenoxy) is 1. The fourth-order valence-electron chi connectivity index (χ4n) is 2.91. The number of carbonyl (C=O) groups is 2. The zero-order chi connectivity index (χ0) is 23.3. The molecule has 0 atom stereocenters. The van der Waals surface area contributed by atoms with Gasteiger partial charge in [0.25, 0.3) is 0 Å². The molecule has 0 saturated carbocycles. The summed E-state index contributed by atoms with van der Waals surface area (Å²) < 4.78 is 41.4. The lowest BCUT2D eigenvalue weighted by atomic mass is 10.0. The molecule has 1 N–H and O–H groups in total. The second kappa shape index (κ2) is 9.99. The minimum Gasteiger partial charge on any atom is -0.440 e. The normalized spacial score (nSPS) is 11.6. The molecule has 1 aromatic heterocycles. The minimum absolute atomic E-state index is 0.150. The summed E-state index contributed by atoms with van der Waals surface area (Å²) in [5, 5.41) is 2.63. The average molecular weight is 465 g/mol. The summed E-state index contributed by atoms with van der Waals surface area (Å²) in [5.74, 6) is -0.0416. The monoisotopic (exact) mass is 465 g/mol. The number of benzene rings is 2. The molecule has 170 valence electrons. The van der Waals surface area contributed by atoms with Crippen molar-refractivity contribution in [1.29, 1.82) is 0 Å². The van der Waals surface area contributed by atoms with Crippen LogP contribution in [-0.4, -0.2) is 36.3 Å². The maximum Gasteiger partial charge on any atom is 0.422 e. The maximum absolute atomic E-state index is 13.1. The maximum atomic E-state index is 13.1. The van der Waals surface area contributed by atoms with E-state index in [9.17, 15) is 22.8 Å². The molecule has 10 heteroatoms. The van der Waals surface area contributed by atoms with Crippen LogP contribution in [-0.2, 0) is 9.53 Å². The molecule has 0 radical (unpaired) electrons. The number of carbonyl (C=O) groups excluding carboxylic acids is 2. The fourth-order valence-corrected chi connectivity index (χ4v) is 3.91. The van der Waals surface area contributed by atoms with Crippen LogP contribution in [0.25, 0.3) is 10.2 Å². The van der Waals surface area contributed by atoms with Gasteiger partial charge in [-0.05, 0) is 35.7 Å². The summed E-state index contributed by atoms with van der Waals surface area (Å²) in [6, 6.07) is 15.0. The number of alkyl carbamates (subject to hydrolysis) is 1. The highest BCUT2D eigenvalue weighted by molar-refractivity contribution is 7.22. The van der Waals surface area contributed by atoms with Crippen molar-refractivity contribution in [2.75, 3.05) is 18.1 Å². The number of fused-ring (bicyclic) bond motifs is 1. The molecule has 0 fully saturated rings. The summed E-state index contributed by atoms with van der Waals surface area (Å²) in [4.78, 5) is 30.5. The Bertz CT molecular complexity index is 1050. The number of thiazole rings is 1. The zero-order valence-corrected chi connectivity index (χ0v) is 18.3. The van der Waals surface area contributed by atoms with Crippen LogP contribution < -0.4 is 10.2 Å². The molecule has 1 heterocycles. The van der Waals surface area contributed by atoms with Crippen LogP contribution in [0.4, 0.5) is 28.8 Å². The van der Waals surface area contributed by atoms with Gasteiger partial charge in [-0.2, -0.15) is 13.2 Å². The lowest BCUT2D eigenvalue weighted by Crippen LogP contribution is -2.33. The predicted octanol–water partition coefficient (Wildman–Crippen LogP) is 5.76. The summed E-state index contributed by atoms with van der Waals surface area (Å²) >= 11 is 1.35. The number of rotatable bonds is 7. The molecular weight excluding hydrogens is 443 g/mol. The second-order valence-electron chi connectivity index (χ2n) is 7.31. The largest absolute Gasteiger partial charge is 0.440 e. The first kappa shape index (κ1) is 23.5. The number of hydrogen-bond acceptors (Lipinski definition) is 5. The van der Waals surface area contributed by atoms with Gasteiger partial charge in [-0.1, -0.05) is 49.4 Å². The molecule has 6 nitrogen and oxygen atoms in total. The van der Waals surface area contributed by atoms with Gasteiger partial charge in [-0.15, -0.1) is 0 Å². The van der Waals surface area contributed by atoms with E-state index in [1.54, 1.807) is 0 Å². The fraction of sp³-hybridized carbons (Fsp3) is 0.318. The van der Waals surface area contributed by atoms with Crippen LogP contribution in [0.1, 0.15) is 31.7 Å². The SMILES string of the molecule is CC(C)c1ccc(N(C(=O)CCNC(=O)OCC(F)(F)F)c2nc3ccccc3s2)cc1. The highest BCUT2D eigenvalue weighted by atomic mass is 32.1. The highest BCUT2D eigenvalue weighted by Gasteiger charge is 2.29. The summed E-state index contributed by atoms with van der Waals surface area (Å²) in [6.45, 7) is 2.26. The van der Waals surface area contributed by atoms with Gasteiger partial charge < -0.3 is 10.1 Å². The van der Waals surface area contributed by atoms with Crippen LogP contribution in [0.3, 0.4) is 0 Å². The lowest BCUT2D eigenvalue weighted by Gasteiger charge is -2.21. The minimum atomic E-state index is -4.61. The zero-order valence-electron chi connectivity index (χ0n) is 17.5. The van der Waals surface area contributed by atoms with Crippen molar-refractivity contribution < 1.29 is 27.5 Å². The van der Waals surface area contributed by atoms with Gasteiger partial charge >= 0.3 is 12.3 Å². The van der Waals surface area contributed by atoms with E-state index in [1.165, 1.54) is 16.2 Å². The number of halogens is 3. The second-order valence-corrected chi connectivity index (χ2v) is 8.32. The Morgan fingerprint density at radius 1 is 1.12 bits per heavy atom. The third-order valence-electron chi connectivity index (χ3n) is 4.52. The van der Waals surface area contributed by atoms with Crippen LogP contribution >= 0.6 is 11.3 Å². The molecule has 0 aliphatic rings. The van der Waals surface area contributed by atoms with E-state index in [4.69, 9.17) is 0 Å². The Labute approximate surface area is 187 Å². The van der Waals surface area contributed by atoms with Gasteiger partial charge in [0.05, 0.1) is 15.9 Å². The molecule has 3 rings (SSSR count). The number of hydrogen-bond donors (Lipinski definition) is 1. The van der Waals surface area contributed by atoms with Crippen LogP contribution in [0.15, 0.2) is 48.5 Å². The summed E-state index contributed by atoms with van der Waals surface area (Å²) in [7, 11) is 0. The van der Waals surface area contributed by atoms with Gasteiger partial charge in [-0.3, -0.25) is 9.69 Å². The van der Waals surface area contributed by atoms with Crippen LogP contribution in [0, 0.1) is 0 Å². The van der Waals surface area contributed by atoms with Gasteiger partial charge in [0, 0.05) is 13.0 Å². The standard InChI is InChI=1S/C22H22F3N3O3S/c1-14(2)15-7-9-16(10-8-15)28(20-27-17-5-3-4-6-18(17)32-20)19(29)11-12-26-21(30)31-13-22(23,24)25/h3-10,14H,11-13H2,1-2H3,(H,26,30). The first-order valence-electron chi connectivity index (χ1n) is 9.90. The first-order chi connectivity index (χ1) is 15.1. The van der Waals surface area contributed by atoms with Crippen molar-refractivity contribution >= 4 is 44.4 Å². The molecule has 0 spiro atoms. The van der Waals surface area contributed by atoms with E-state index in [1.807, 2.05) is 48.5 Å². The van der Waals surface area contributed by atoms with E-state index in [0.717, 1.165) is 15.8 Å². The molecule has 2 amide bonds.